The monoisotopic (exact) mass is 301 g/mol. The molecule has 0 spiro atoms. The molecule has 0 saturated heterocycles. The van der Waals surface area contributed by atoms with Gasteiger partial charge in [-0.15, -0.1) is 6.58 Å². The quantitative estimate of drug-likeness (QED) is 0.570. The fraction of sp³-hybridized carbons (Fsp3) is 0.444. The van der Waals surface area contributed by atoms with Crippen molar-refractivity contribution in [2.75, 3.05) is 6.61 Å². The van der Waals surface area contributed by atoms with Crippen LogP contribution in [0, 0.1) is 16.7 Å². The van der Waals surface area contributed by atoms with Gasteiger partial charge in [-0.2, -0.15) is 5.26 Å². The molecule has 0 N–H and O–H groups in total. The molecule has 0 amide bonds. The maximum Gasteiger partial charge on any atom is 0.310 e. The highest BCUT2D eigenvalue weighted by atomic mass is 16.5. The highest BCUT2D eigenvalue weighted by molar-refractivity contribution is 5.73. The van der Waals surface area contributed by atoms with Gasteiger partial charge in [0.15, 0.2) is 0 Å². The van der Waals surface area contributed by atoms with E-state index in [1.54, 1.807) is 25.1 Å². The number of hydrogen-bond acceptors (Lipinski definition) is 4. The number of hydrogen-bond donors (Lipinski definition) is 0. The second-order valence-electron chi connectivity index (χ2n) is 5.70. The Morgan fingerprint density at radius 1 is 1.50 bits per heavy atom. The van der Waals surface area contributed by atoms with Crippen LogP contribution in [0.4, 0.5) is 0 Å². The summed E-state index contributed by atoms with van der Waals surface area (Å²) in [6.07, 6.45) is 1.80. The first-order valence-electron chi connectivity index (χ1n) is 7.33. The fourth-order valence-corrected chi connectivity index (χ4v) is 1.76. The molecule has 0 bridgehead atoms. The van der Waals surface area contributed by atoms with E-state index in [4.69, 9.17) is 14.7 Å². The molecule has 0 unspecified atom stereocenters. The van der Waals surface area contributed by atoms with E-state index >= 15 is 0 Å². The van der Waals surface area contributed by atoms with Gasteiger partial charge in [0.1, 0.15) is 11.9 Å². The van der Waals surface area contributed by atoms with Crippen LogP contribution in [-0.4, -0.2) is 18.7 Å². The summed E-state index contributed by atoms with van der Waals surface area (Å²) in [5.74, 6) is 0.224. The summed E-state index contributed by atoms with van der Waals surface area (Å²) in [5.41, 5.74) is 0.972. The third-order valence-corrected chi connectivity index (χ3v) is 3.71. The van der Waals surface area contributed by atoms with Gasteiger partial charge in [0.05, 0.1) is 24.7 Å². The lowest BCUT2D eigenvalue weighted by Gasteiger charge is -2.29. The lowest BCUT2D eigenvalue weighted by molar-refractivity contribution is -0.142. The molecule has 4 nitrogen and oxygen atoms in total. The average molecular weight is 301 g/mol. The standard InChI is InChI=1S/C18H23NO3/c1-6-18(4,5)13(3)22-16-10-14(12-19)8-9-15(16)11-17(20)21-7-2/h6,8-10,13H,1,7,11H2,2-5H3/t13-/m1/s1. The van der Waals surface area contributed by atoms with Gasteiger partial charge in [0.2, 0.25) is 0 Å². The number of rotatable bonds is 7. The van der Waals surface area contributed by atoms with Crippen LogP contribution >= 0.6 is 0 Å². The van der Waals surface area contributed by atoms with Gasteiger partial charge in [-0.1, -0.05) is 26.0 Å². The predicted octanol–water partition coefficient (Wildman–Crippen LogP) is 3.64. The Morgan fingerprint density at radius 3 is 2.73 bits per heavy atom. The molecule has 1 aromatic rings. The lowest BCUT2D eigenvalue weighted by Crippen LogP contribution is -2.30. The smallest absolute Gasteiger partial charge is 0.310 e. The number of ether oxygens (including phenoxy) is 2. The first-order chi connectivity index (χ1) is 10.3. The SMILES string of the molecule is C=CC(C)(C)[C@@H](C)Oc1cc(C#N)ccc1CC(=O)OCC. The summed E-state index contributed by atoms with van der Waals surface area (Å²) in [4.78, 5) is 11.7. The van der Waals surface area contributed by atoms with Gasteiger partial charge in [-0.05, 0) is 26.0 Å². The van der Waals surface area contributed by atoms with Crippen molar-refractivity contribution < 1.29 is 14.3 Å². The number of benzene rings is 1. The third-order valence-electron chi connectivity index (χ3n) is 3.71. The van der Waals surface area contributed by atoms with Crippen LogP contribution in [0.5, 0.6) is 5.75 Å². The van der Waals surface area contributed by atoms with Crippen molar-refractivity contribution in [3.05, 3.63) is 42.0 Å². The van der Waals surface area contributed by atoms with Gasteiger partial charge < -0.3 is 9.47 Å². The number of esters is 1. The Balaban J connectivity index is 3.06. The summed E-state index contributed by atoms with van der Waals surface area (Å²) in [6.45, 7) is 11.9. The van der Waals surface area contributed by atoms with Crippen LogP contribution < -0.4 is 4.74 Å². The largest absolute Gasteiger partial charge is 0.489 e. The minimum atomic E-state index is -0.312. The fourth-order valence-electron chi connectivity index (χ4n) is 1.76. The molecule has 22 heavy (non-hydrogen) atoms. The van der Waals surface area contributed by atoms with E-state index in [1.165, 1.54) is 0 Å². The second-order valence-corrected chi connectivity index (χ2v) is 5.70. The predicted molar refractivity (Wildman–Crippen MR) is 85.6 cm³/mol. The molecule has 118 valence electrons. The van der Waals surface area contributed by atoms with E-state index in [2.05, 4.69) is 12.6 Å². The zero-order valence-electron chi connectivity index (χ0n) is 13.7. The second kappa shape index (κ2) is 7.65. The van der Waals surface area contributed by atoms with E-state index in [-0.39, 0.29) is 23.9 Å². The highest BCUT2D eigenvalue weighted by Gasteiger charge is 2.25. The Morgan fingerprint density at radius 2 is 2.18 bits per heavy atom. The van der Waals surface area contributed by atoms with Crippen LogP contribution in [0.25, 0.3) is 0 Å². The molecule has 0 aromatic heterocycles. The highest BCUT2D eigenvalue weighted by Crippen LogP contribution is 2.29. The summed E-state index contributed by atoms with van der Waals surface area (Å²) < 4.78 is 11.0. The minimum absolute atomic E-state index is 0.121. The number of nitriles is 1. The number of carbonyl (C=O) groups excluding carboxylic acids is 1. The summed E-state index contributed by atoms with van der Waals surface area (Å²) in [7, 11) is 0. The molecule has 0 saturated carbocycles. The van der Waals surface area contributed by atoms with E-state index in [0.717, 1.165) is 0 Å². The van der Waals surface area contributed by atoms with Crippen molar-refractivity contribution >= 4 is 5.97 Å². The van der Waals surface area contributed by atoms with Crippen molar-refractivity contribution in [1.82, 2.24) is 0 Å². The minimum Gasteiger partial charge on any atom is -0.489 e. The molecule has 0 aliphatic heterocycles. The Bertz CT molecular complexity index is 584. The van der Waals surface area contributed by atoms with Crippen LogP contribution in [0.3, 0.4) is 0 Å². The molecule has 0 radical (unpaired) electrons. The van der Waals surface area contributed by atoms with Gasteiger partial charge in [0.25, 0.3) is 0 Å². The van der Waals surface area contributed by atoms with Gasteiger partial charge in [-0.25, -0.2) is 0 Å². The lowest BCUT2D eigenvalue weighted by atomic mass is 9.87. The van der Waals surface area contributed by atoms with Crippen LogP contribution in [0.15, 0.2) is 30.9 Å². The molecular formula is C18H23NO3. The summed E-state index contributed by atoms with van der Waals surface area (Å²) in [5, 5.41) is 9.05. The van der Waals surface area contributed by atoms with Crippen molar-refractivity contribution in [2.24, 2.45) is 5.41 Å². The van der Waals surface area contributed by atoms with E-state index in [9.17, 15) is 4.79 Å². The maximum atomic E-state index is 11.7. The molecule has 4 heteroatoms. The molecule has 0 aliphatic carbocycles. The average Bonchev–Trinajstić information content (AvgIpc) is 2.49. The third kappa shape index (κ3) is 4.63. The van der Waals surface area contributed by atoms with Crippen LogP contribution in [0.1, 0.15) is 38.8 Å². The van der Waals surface area contributed by atoms with Gasteiger partial charge in [0, 0.05) is 11.0 Å². The first kappa shape index (κ1) is 17.8. The van der Waals surface area contributed by atoms with Crippen molar-refractivity contribution in [3.63, 3.8) is 0 Å². The zero-order valence-corrected chi connectivity index (χ0v) is 13.7. The van der Waals surface area contributed by atoms with E-state index < -0.39 is 0 Å². The molecule has 0 fully saturated rings. The first-order valence-corrected chi connectivity index (χ1v) is 7.33. The van der Waals surface area contributed by atoms with Gasteiger partial charge in [-0.3, -0.25) is 4.79 Å². The Hall–Kier alpha value is -2.28. The van der Waals surface area contributed by atoms with Gasteiger partial charge >= 0.3 is 5.97 Å². The molecular weight excluding hydrogens is 278 g/mol. The topological polar surface area (TPSA) is 59.3 Å². The number of nitrogens with zero attached hydrogens (tertiary/aromatic N) is 1. The Kier molecular flexibility index (Phi) is 6.18. The Labute approximate surface area is 132 Å². The zero-order chi connectivity index (χ0) is 16.8. The van der Waals surface area contributed by atoms with E-state index in [1.807, 2.05) is 26.8 Å². The normalized spacial score (nSPS) is 12.1. The molecule has 1 rings (SSSR count). The van der Waals surface area contributed by atoms with Crippen LogP contribution in [0.2, 0.25) is 0 Å². The summed E-state index contributed by atoms with van der Waals surface area (Å²) >= 11 is 0. The summed E-state index contributed by atoms with van der Waals surface area (Å²) in [6, 6.07) is 7.15. The molecule has 0 aliphatic rings. The molecule has 0 heterocycles. The van der Waals surface area contributed by atoms with Crippen LogP contribution in [-0.2, 0) is 16.0 Å². The van der Waals surface area contributed by atoms with E-state index in [0.29, 0.717) is 23.5 Å². The maximum absolute atomic E-state index is 11.7. The van der Waals surface area contributed by atoms with Crippen molar-refractivity contribution in [3.8, 4) is 11.8 Å². The van der Waals surface area contributed by atoms with Crippen molar-refractivity contribution in [2.45, 2.75) is 40.2 Å². The molecule has 1 atom stereocenters. The van der Waals surface area contributed by atoms with Crippen molar-refractivity contribution in [1.29, 1.82) is 5.26 Å². The molecule has 1 aromatic carbocycles. The number of carbonyl (C=O) groups is 1.